The second-order valence-electron chi connectivity index (χ2n) is 7.15. The predicted octanol–water partition coefficient (Wildman–Crippen LogP) is 2.65. The molecule has 2 aliphatic rings. The maximum Gasteiger partial charge on any atom is 0.293 e. The molecule has 6 nitrogen and oxygen atoms in total. The van der Waals surface area contributed by atoms with E-state index in [1.54, 1.807) is 18.1 Å². The molecule has 1 amide bonds. The summed E-state index contributed by atoms with van der Waals surface area (Å²) in [7, 11) is 1.77. The molecule has 0 radical (unpaired) electrons. The fourth-order valence-corrected chi connectivity index (χ4v) is 4.38. The highest BCUT2D eigenvalue weighted by atomic mass is 35.5. The van der Waals surface area contributed by atoms with Gasteiger partial charge in [-0.25, -0.2) is 4.98 Å². The van der Waals surface area contributed by atoms with Crippen LogP contribution in [-0.4, -0.2) is 51.8 Å². The highest BCUT2D eigenvalue weighted by Crippen LogP contribution is 2.47. The number of benzene rings is 1. The molecule has 7 heteroatoms. The first-order chi connectivity index (χ1) is 12.5. The van der Waals surface area contributed by atoms with Gasteiger partial charge in [-0.05, 0) is 36.6 Å². The van der Waals surface area contributed by atoms with Crippen LogP contribution in [0, 0.1) is 0 Å². The zero-order valence-corrected chi connectivity index (χ0v) is 15.6. The van der Waals surface area contributed by atoms with Crippen molar-refractivity contribution in [2.75, 3.05) is 31.1 Å². The Hall–Kier alpha value is -2.34. The second-order valence-corrected chi connectivity index (χ2v) is 7.58. The van der Waals surface area contributed by atoms with Crippen molar-refractivity contribution in [3.63, 3.8) is 0 Å². The van der Waals surface area contributed by atoms with Gasteiger partial charge in [-0.3, -0.25) is 9.48 Å². The van der Waals surface area contributed by atoms with Crippen molar-refractivity contribution in [2.24, 2.45) is 7.05 Å². The molecule has 1 spiro atoms. The first kappa shape index (κ1) is 17.1. The van der Waals surface area contributed by atoms with Gasteiger partial charge in [0.2, 0.25) is 5.82 Å². The van der Waals surface area contributed by atoms with Crippen molar-refractivity contribution < 1.29 is 4.79 Å². The molecule has 1 aromatic heterocycles. The van der Waals surface area contributed by atoms with Gasteiger partial charge in [0, 0.05) is 49.4 Å². The Bertz CT molecular complexity index is 853. The van der Waals surface area contributed by atoms with Crippen LogP contribution in [0.2, 0.25) is 5.02 Å². The number of rotatable bonds is 3. The lowest BCUT2D eigenvalue weighted by Gasteiger charge is -2.39. The smallest absolute Gasteiger partial charge is 0.293 e. The number of nitrogens with zero attached hydrogens (tertiary/aromatic N) is 5. The number of halogens is 1. The zero-order valence-electron chi connectivity index (χ0n) is 14.9. The summed E-state index contributed by atoms with van der Waals surface area (Å²) in [5.41, 5.74) is 2.58. The second kappa shape index (κ2) is 6.43. The van der Waals surface area contributed by atoms with Gasteiger partial charge < -0.3 is 9.80 Å². The minimum atomic E-state index is -0.0901. The Morgan fingerprint density at radius 1 is 1.38 bits per heavy atom. The van der Waals surface area contributed by atoms with Crippen molar-refractivity contribution in [1.82, 2.24) is 19.7 Å². The lowest BCUT2D eigenvalue weighted by molar-refractivity contribution is 0.0661. The Morgan fingerprint density at radius 2 is 2.15 bits per heavy atom. The third-order valence-corrected chi connectivity index (χ3v) is 5.75. The van der Waals surface area contributed by atoms with Crippen LogP contribution in [0.25, 0.3) is 0 Å². The largest absolute Gasteiger partial charge is 0.367 e. The van der Waals surface area contributed by atoms with Gasteiger partial charge in [-0.1, -0.05) is 17.7 Å². The fourth-order valence-electron chi connectivity index (χ4n) is 4.21. The van der Waals surface area contributed by atoms with E-state index in [0.29, 0.717) is 13.1 Å². The Morgan fingerprint density at radius 3 is 2.81 bits per heavy atom. The third kappa shape index (κ3) is 2.78. The molecular formula is C19H22ClN5O. The first-order valence-electron chi connectivity index (χ1n) is 8.83. The van der Waals surface area contributed by atoms with Gasteiger partial charge >= 0.3 is 0 Å². The normalized spacial score (nSPS) is 18.2. The molecule has 2 aliphatic heterocycles. The van der Waals surface area contributed by atoms with Gasteiger partial charge in [0.15, 0.2) is 0 Å². The topological polar surface area (TPSA) is 54.3 Å². The molecule has 136 valence electrons. The summed E-state index contributed by atoms with van der Waals surface area (Å²) in [5, 5.41) is 4.90. The number of anilines is 1. The van der Waals surface area contributed by atoms with Crippen LogP contribution in [0.4, 0.5) is 5.69 Å². The number of piperidine rings is 1. The number of carbonyl (C=O) groups is 1. The van der Waals surface area contributed by atoms with Crippen molar-refractivity contribution in [3.05, 3.63) is 53.6 Å². The Balaban J connectivity index is 1.56. The highest BCUT2D eigenvalue weighted by Gasteiger charge is 2.45. The van der Waals surface area contributed by atoms with Crippen LogP contribution >= 0.6 is 11.6 Å². The van der Waals surface area contributed by atoms with Crippen molar-refractivity contribution in [1.29, 1.82) is 0 Å². The van der Waals surface area contributed by atoms with E-state index in [0.717, 1.165) is 31.0 Å². The molecule has 0 atom stereocenters. The molecule has 0 saturated carbocycles. The number of aromatic nitrogens is 3. The molecule has 0 aliphatic carbocycles. The standard InChI is InChI=1S/C19H22ClN5O/c1-3-8-25-12-19(15-11-14(20)4-5-16(15)25)6-9-24(10-7-19)18(26)17-21-13-23(2)22-17/h3-5,11,13H,1,6-10,12H2,2H3. The highest BCUT2D eigenvalue weighted by molar-refractivity contribution is 6.30. The van der Waals surface area contributed by atoms with Crippen LogP contribution in [0.5, 0.6) is 0 Å². The molecule has 2 aromatic rings. The molecule has 1 saturated heterocycles. The van der Waals surface area contributed by atoms with Crippen LogP contribution < -0.4 is 4.90 Å². The molecule has 26 heavy (non-hydrogen) atoms. The Kier molecular flexibility index (Phi) is 4.23. The van der Waals surface area contributed by atoms with E-state index in [9.17, 15) is 4.79 Å². The average molecular weight is 372 g/mol. The number of carbonyl (C=O) groups excluding carboxylic acids is 1. The number of amides is 1. The van der Waals surface area contributed by atoms with Crippen LogP contribution in [0.15, 0.2) is 37.2 Å². The van der Waals surface area contributed by atoms with E-state index in [1.165, 1.54) is 11.3 Å². The zero-order chi connectivity index (χ0) is 18.3. The fraction of sp³-hybridized carbons (Fsp3) is 0.421. The van der Waals surface area contributed by atoms with Crippen LogP contribution in [0.1, 0.15) is 29.0 Å². The minimum Gasteiger partial charge on any atom is -0.367 e. The summed E-state index contributed by atoms with van der Waals surface area (Å²) in [6, 6.07) is 6.14. The van der Waals surface area contributed by atoms with E-state index in [1.807, 2.05) is 17.0 Å². The summed E-state index contributed by atoms with van der Waals surface area (Å²) in [4.78, 5) is 20.9. The molecule has 3 heterocycles. The predicted molar refractivity (Wildman–Crippen MR) is 102 cm³/mol. The lowest BCUT2D eigenvalue weighted by atomic mass is 9.74. The maximum absolute atomic E-state index is 12.6. The SMILES string of the molecule is C=CCN1CC2(CCN(C(=O)c3ncn(C)n3)CC2)c2cc(Cl)ccc21. The third-order valence-electron chi connectivity index (χ3n) is 5.51. The van der Waals surface area contributed by atoms with E-state index in [-0.39, 0.29) is 17.1 Å². The average Bonchev–Trinajstić information content (AvgIpc) is 3.18. The summed E-state index contributed by atoms with van der Waals surface area (Å²) < 4.78 is 1.56. The summed E-state index contributed by atoms with van der Waals surface area (Å²) in [5.74, 6) is 0.180. The van der Waals surface area contributed by atoms with Gasteiger partial charge in [-0.15, -0.1) is 11.7 Å². The van der Waals surface area contributed by atoms with E-state index in [4.69, 9.17) is 11.6 Å². The van der Waals surface area contributed by atoms with Crippen molar-refractivity contribution >= 4 is 23.2 Å². The van der Waals surface area contributed by atoms with E-state index >= 15 is 0 Å². The quantitative estimate of drug-likeness (QED) is 0.778. The lowest BCUT2D eigenvalue weighted by Crippen LogP contribution is -2.47. The van der Waals surface area contributed by atoms with E-state index < -0.39 is 0 Å². The number of hydrogen-bond acceptors (Lipinski definition) is 4. The van der Waals surface area contributed by atoms with Gasteiger partial charge in [0.1, 0.15) is 6.33 Å². The summed E-state index contributed by atoms with van der Waals surface area (Å²) >= 11 is 6.29. The number of likely N-dealkylation sites (tertiary alicyclic amines) is 1. The van der Waals surface area contributed by atoms with Gasteiger partial charge in [-0.2, -0.15) is 0 Å². The molecule has 1 fully saturated rings. The summed E-state index contributed by atoms with van der Waals surface area (Å²) in [6.45, 7) is 7.04. The maximum atomic E-state index is 12.6. The van der Waals surface area contributed by atoms with Crippen LogP contribution in [-0.2, 0) is 12.5 Å². The first-order valence-corrected chi connectivity index (χ1v) is 9.21. The summed E-state index contributed by atoms with van der Waals surface area (Å²) in [6.07, 6.45) is 5.31. The molecular weight excluding hydrogens is 350 g/mol. The van der Waals surface area contributed by atoms with Crippen molar-refractivity contribution in [2.45, 2.75) is 18.3 Å². The number of hydrogen-bond donors (Lipinski definition) is 0. The van der Waals surface area contributed by atoms with Crippen molar-refractivity contribution in [3.8, 4) is 0 Å². The van der Waals surface area contributed by atoms with Gasteiger partial charge in [0.25, 0.3) is 5.91 Å². The van der Waals surface area contributed by atoms with E-state index in [2.05, 4.69) is 33.7 Å². The number of aryl methyl sites for hydroxylation is 1. The monoisotopic (exact) mass is 371 g/mol. The van der Waals surface area contributed by atoms with Gasteiger partial charge in [0.05, 0.1) is 0 Å². The number of fused-ring (bicyclic) bond motifs is 2. The molecule has 4 rings (SSSR count). The molecule has 1 aromatic carbocycles. The minimum absolute atomic E-state index is 0.0393. The Labute approximate surface area is 158 Å². The molecule has 0 N–H and O–H groups in total. The molecule has 0 bridgehead atoms. The molecule has 0 unspecified atom stereocenters. The van der Waals surface area contributed by atoms with Crippen LogP contribution in [0.3, 0.4) is 0 Å².